The van der Waals surface area contributed by atoms with E-state index in [1.807, 2.05) is 0 Å². The van der Waals surface area contributed by atoms with Crippen LogP contribution in [0.15, 0.2) is 30.5 Å². The number of piperazine rings is 1. The molecule has 4 rings (SSSR count). The van der Waals surface area contributed by atoms with Crippen molar-refractivity contribution < 1.29 is 9.13 Å². The summed E-state index contributed by atoms with van der Waals surface area (Å²) in [5.74, 6) is 0.333. The fourth-order valence-corrected chi connectivity index (χ4v) is 5.57. The number of nitrogens with zero attached hydrogens (tertiary/aromatic N) is 4. The van der Waals surface area contributed by atoms with E-state index >= 15 is 0 Å². The molecule has 2 fully saturated rings. The molecule has 2 saturated heterocycles. The molecule has 1 aromatic heterocycles. The zero-order valence-electron chi connectivity index (χ0n) is 19.8. The predicted octanol–water partition coefficient (Wildman–Crippen LogP) is 5.04. The van der Waals surface area contributed by atoms with Crippen LogP contribution in [0.2, 0.25) is 10.0 Å². The minimum Gasteiger partial charge on any atom is -0.428 e. The standard InChI is InChI=1S/C25H31Cl2FN6O/c1-2-20-15-33(25-22(27)11-18(13-31-25)24(30)35-16-29)9-10-34(20)21-5-7-32(8-6-21)14-17-3-4-19(26)12-23(17)28/h3-4,11-13,16,20-21,29-30H,2,5-10,14-15H2,1H3/t20-/m0/s1. The van der Waals surface area contributed by atoms with Crippen molar-refractivity contribution in [1.29, 1.82) is 10.8 Å². The Morgan fingerprint density at radius 1 is 1.20 bits per heavy atom. The van der Waals surface area contributed by atoms with Gasteiger partial charge in [0.25, 0.3) is 0 Å². The molecule has 35 heavy (non-hydrogen) atoms. The molecule has 2 aromatic rings. The van der Waals surface area contributed by atoms with Crippen LogP contribution in [0.4, 0.5) is 10.2 Å². The van der Waals surface area contributed by atoms with Gasteiger partial charge in [-0.3, -0.25) is 20.6 Å². The molecule has 0 unspecified atom stereocenters. The molecule has 1 aromatic carbocycles. The Labute approximate surface area is 215 Å². The Hall–Kier alpha value is -2.26. The van der Waals surface area contributed by atoms with Crippen molar-refractivity contribution in [2.45, 2.75) is 44.8 Å². The highest BCUT2D eigenvalue weighted by molar-refractivity contribution is 6.33. The van der Waals surface area contributed by atoms with Gasteiger partial charge in [0, 0.05) is 55.0 Å². The van der Waals surface area contributed by atoms with E-state index in [2.05, 4.69) is 26.6 Å². The van der Waals surface area contributed by atoms with E-state index in [0.717, 1.165) is 64.2 Å². The molecule has 1 atom stereocenters. The maximum absolute atomic E-state index is 14.2. The maximum atomic E-state index is 14.2. The van der Waals surface area contributed by atoms with Crippen molar-refractivity contribution in [2.75, 3.05) is 37.6 Å². The van der Waals surface area contributed by atoms with Gasteiger partial charge in [-0.15, -0.1) is 0 Å². The normalized spacial score (nSPS) is 20.1. The van der Waals surface area contributed by atoms with E-state index in [4.69, 9.17) is 38.8 Å². The quantitative estimate of drug-likeness (QED) is 0.394. The molecule has 2 aliphatic heterocycles. The molecular weight excluding hydrogens is 490 g/mol. The second kappa shape index (κ2) is 11.6. The van der Waals surface area contributed by atoms with Gasteiger partial charge in [0.05, 0.1) is 10.6 Å². The van der Waals surface area contributed by atoms with Crippen molar-refractivity contribution in [1.82, 2.24) is 14.8 Å². The Bertz CT molecular complexity index is 1060. The first-order chi connectivity index (χ1) is 16.9. The molecule has 2 N–H and O–H groups in total. The highest BCUT2D eigenvalue weighted by atomic mass is 35.5. The monoisotopic (exact) mass is 520 g/mol. The molecule has 0 spiro atoms. The Morgan fingerprint density at radius 3 is 2.63 bits per heavy atom. The average Bonchev–Trinajstić information content (AvgIpc) is 2.86. The number of hydrogen-bond acceptors (Lipinski definition) is 7. The van der Waals surface area contributed by atoms with Crippen LogP contribution in [0.3, 0.4) is 0 Å². The number of hydrogen-bond donors (Lipinski definition) is 2. The van der Waals surface area contributed by atoms with Crippen molar-refractivity contribution in [2.24, 2.45) is 0 Å². The molecule has 10 heteroatoms. The maximum Gasteiger partial charge on any atom is 0.222 e. The number of rotatable bonds is 7. The van der Waals surface area contributed by atoms with Gasteiger partial charge in [0.15, 0.2) is 6.40 Å². The van der Waals surface area contributed by atoms with Crippen molar-refractivity contribution in [3.8, 4) is 0 Å². The number of pyridine rings is 1. The minimum atomic E-state index is -0.235. The van der Waals surface area contributed by atoms with Crippen molar-refractivity contribution >= 4 is 41.3 Å². The van der Waals surface area contributed by atoms with Gasteiger partial charge in [-0.1, -0.05) is 36.2 Å². The summed E-state index contributed by atoms with van der Waals surface area (Å²) < 4.78 is 19.0. The van der Waals surface area contributed by atoms with Crippen LogP contribution in [0.5, 0.6) is 0 Å². The molecule has 0 amide bonds. The number of halogens is 3. The fraction of sp³-hybridized carbons (Fsp3) is 0.480. The first-order valence-corrected chi connectivity index (χ1v) is 12.7. The number of benzene rings is 1. The van der Waals surface area contributed by atoms with Gasteiger partial charge in [0.2, 0.25) is 5.90 Å². The van der Waals surface area contributed by atoms with Crippen molar-refractivity contribution in [3.05, 3.63) is 57.5 Å². The molecule has 0 saturated carbocycles. The van der Waals surface area contributed by atoms with E-state index in [1.165, 1.54) is 6.07 Å². The third-order valence-corrected chi connectivity index (χ3v) is 7.51. The highest BCUT2D eigenvalue weighted by Crippen LogP contribution is 2.30. The Morgan fingerprint density at radius 2 is 1.97 bits per heavy atom. The number of aromatic nitrogens is 1. The summed E-state index contributed by atoms with van der Waals surface area (Å²) in [6, 6.07) is 7.50. The zero-order chi connectivity index (χ0) is 24.9. The predicted molar refractivity (Wildman–Crippen MR) is 139 cm³/mol. The largest absolute Gasteiger partial charge is 0.428 e. The van der Waals surface area contributed by atoms with Gasteiger partial charge in [-0.2, -0.15) is 0 Å². The van der Waals surface area contributed by atoms with Crippen LogP contribution in [-0.2, 0) is 11.3 Å². The molecule has 0 bridgehead atoms. The van der Waals surface area contributed by atoms with Crippen LogP contribution < -0.4 is 4.90 Å². The van der Waals surface area contributed by atoms with E-state index in [1.54, 1.807) is 24.4 Å². The zero-order valence-corrected chi connectivity index (χ0v) is 21.3. The van der Waals surface area contributed by atoms with Gasteiger partial charge in [-0.05, 0) is 50.6 Å². The second-order valence-electron chi connectivity index (χ2n) is 9.08. The average molecular weight is 521 g/mol. The fourth-order valence-electron chi connectivity index (χ4n) is 5.12. The molecule has 0 radical (unpaired) electrons. The van der Waals surface area contributed by atoms with E-state index in [-0.39, 0.29) is 11.7 Å². The van der Waals surface area contributed by atoms with E-state index in [0.29, 0.717) is 39.8 Å². The highest BCUT2D eigenvalue weighted by Gasteiger charge is 2.34. The van der Waals surface area contributed by atoms with Crippen LogP contribution in [0.1, 0.15) is 37.3 Å². The number of ether oxygens (including phenoxy) is 1. The summed E-state index contributed by atoms with van der Waals surface area (Å²) in [5.41, 5.74) is 1.14. The molecule has 3 heterocycles. The summed E-state index contributed by atoms with van der Waals surface area (Å²) in [5, 5.41) is 15.7. The Balaban J connectivity index is 1.34. The lowest BCUT2D eigenvalue weighted by molar-refractivity contribution is 0.0607. The molecule has 2 aliphatic rings. The van der Waals surface area contributed by atoms with Gasteiger partial charge < -0.3 is 9.64 Å². The third kappa shape index (κ3) is 6.12. The third-order valence-electron chi connectivity index (χ3n) is 6.99. The SMILES string of the molecule is CC[C@H]1CN(c2ncc(C(=N)OC=N)cc2Cl)CCN1C1CCN(Cc2ccc(Cl)cc2F)CC1. The first-order valence-electron chi connectivity index (χ1n) is 12.0. The first kappa shape index (κ1) is 25.8. The van der Waals surface area contributed by atoms with Gasteiger partial charge in [0.1, 0.15) is 11.6 Å². The van der Waals surface area contributed by atoms with E-state index in [9.17, 15) is 4.39 Å². The van der Waals surface area contributed by atoms with Crippen LogP contribution in [-0.4, -0.2) is 71.9 Å². The summed E-state index contributed by atoms with van der Waals surface area (Å²) >= 11 is 12.4. The van der Waals surface area contributed by atoms with Gasteiger partial charge in [-0.25, -0.2) is 9.37 Å². The van der Waals surface area contributed by atoms with Crippen LogP contribution >= 0.6 is 23.2 Å². The summed E-state index contributed by atoms with van der Waals surface area (Å²) in [6.07, 6.45) is 5.44. The van der Waals surface area contributed by atoms with Crippen LogP contribution in [0.25, 0.3) is 0 Å². The molecular formula is C25H31Cl2FN6O. The van der Waals surface area contributed by atoms with Gasteiger partial charge >= 0.3 is 0 Å². The number of anilines is 1. The minimum absolute atomic E-state index is 0.151. The molecule has 188 valence electrons. The topological polar surface area (TPSA) is 79.5 Å². The lowest BCUT2D eigenvalue weighted by atomic mass is 9.97. The summed E-state index contributed by atoms with van der Waals surface area (Å²) in [4.78, 5) is 11.7. The Kier molecular flexibility index (Phi) is 8.59. The lowest BCUT2D eigenvalue weighted by Gasteiger charge is -2.47. The summed E-state index contributed by atoms with van der Waals surface area (Å²) in [7, 11) is 0. The molecule has 7 nitrogen and oxygen atoms in total. The van der Waals surface area contributed by atoms with Crippen LogP contribution in [0, 0.1) is 16.6 Å². The number of piperidine rings is 1. The molecule has 0 aliphatic carbocycles. The van der Waals surface area contributed by atoms with E-state index < -0.39 is 0 Å². The smallest absolute Gasteiger partial charge is 0.222 e. The lowest BCUT2D eigenvalue weighted by Crippen LogP contribution is -2.58. The second-order valence-corrected chi connectivity index (χ2v) is 9.93. The number of likely N-dealkylation sites (tertiary alicyclic amines) is 1. The van der Waals surface area contributed by atoms with Crippen molar-refractivity contribution in [3.63, 3.8) is 0 Å². The number of nitrogens with one attached hydrogen (secondary N) is 2. The summed E-state index contributed by atoms with van der Waals surface area (Å²) in [6.45, 7) is 7.32.